The van der Waals surface area contributed by atoms with Gasteiger partial charge in [0.2, 0.25) is 5.79 Å². The predicted octanol–water partition coefficient (Wildman–Crippen LogP) is 1.28. The van der Waals surface area contributed by atoms with Gasteiger partial charge >= 0.3 is 6.18 Å². The molecule has 122 valence electrons. The van der Waals surface area contributed by atoms with E-state index in [9.17, 15) is 13.2 Å². The third-order valence-corrected chi connectivity index (χ3v) is 3.35. The number of halogens is 3. The summed E-state index contributed by atoms with van der Waals surface area (Å²) in [4.78, 5) is 3.90. The highest BCUT2D eigenvalue weighted by Crippen LogP contribution is 2.33. The minimum atomic E-state index is -4.52. The van der Waals surface area contributed by atoms with Crippen molar-refractivity contribution in [2.75, 3.05) is 7.05 Å². The molecular formula is C13H19F3N6. The van der Waals surface area contributed by atoms with Gasteiger partial charge in [-0.05, 0) is 5.92 Å². The molecule has 0 aromatic carbocycles. The molecule has 0 saturated carbocycles. The van der Waals surface area contributed by atoms with Gasteiger partial charge in [-0.1, -0.05) is 13.8 Å². The van der Waals surface area contributed by atoms with Crippen LogP contribution in [0, 0.1) is 0 Å². The Balaban J connectivity index is 2.48. The van der Waals surface area contributed by atoms with Crippen LogP contribution in [-0.2, 0) is 12.8 Å². The van der Waals surface area contributed by atoms with E-state index in [1.165, 1.54) is 7.05 Å². The van der Waals surface area contributed by atoms with Gasteiger partial charge in [0.05, 0.1) is 11.3 Å². The largest absolute Gasteiger partial charge is 0.421 e. The molecule has 0 saturated heterocycles. The van der Waals surface area contributed by atoms with Crippen molar-refractivity contribution in [2.24, 2.45) is 17.8 Å². The number of aryl methyl sites for hydroxylation is 1. The average molecular weight is 316 g/mol. The first-order valence-corrected chi connectivity index (χ1v) is 6.74. The zero-order chi connectivity index (χ0) is 16.7. The van der Waals surface area contributed by atoms with Gasteiger partial charge in [0.1, 0.15) is 11.4 Å². The Morgan fingerprint density at radius 2 is 2.05 bits per heavy atom. The number of aliphatic imine (C=N–C) groups is 1. The van der Waals surface area contributed by atoms with Gasteiger partial charge < -0.3 is 10.6 Å². The number of nitrogens with zero attached hydrogens (tertiary/aromatic N) is 3. The van der Waals surface area contributed by atoms with Crippen LogP contribution >= 0.6 is 0 Å². The monoisotopic (exact) mass is 316 g/mol. The Bertz CT molecular complexity index is 628. The molecule has 1 aliphatic rings. The first-order chi connectivity index (χ1) is 10.1. The van der Waals surface area contributed by atoms with Crippen molar-refractivity contribution >= 4 is 6.21 Å². The lowest BCUT2D eigenvalue weighted by molar-refractivity contribution is -0.0875. The van der Waals surface area contributed by atoms with E-state index in [1.54, 1.807) is 17.9 Å². The Hall–Kier alpha value is -2.03. The van der Waals surface area contributed by atoms with Crippen LogP contribution in [0.4, 0.5) is 13.2 Å². The molecule has 0 amide bonds. The number of hydrogen-bond donors (Lipinski definition) is 3. The first-order valence-electron chi connectivity index (χ1n) is 6.74. The molecule has 0 radical (unpaired) electrons. The molecule has 2 heterocycles. The normalized spacial score (nSPS) is 22.2. The van der Waals surface area contributed by atoms with Crippen LogP contribution in [0.2, 0.25) is 0 Å². The van der Waals surface area contributed by atoms with Crippen LogP contribution in [0.5, 0.6) is 0 Å². The molecule has 1 aromatic heterocycles. The molecular weight excluding hydrogens is 297 g/mol. The lowest BCUT2D eigenvalue weighted by Crippen LogP contribution is -2.54. The summed E-state index contributed by atoms with van der Waals surface area (Å²) in [5, 5.41) is 9.44. The number of alkyl halides is 3. The van der Waals surface area contributed by atoms with Crippen molar-refractivity contribution in [2.45, 2.75) is 31.7 Å². The van der Waals surface area contributed by atoms with Crippen molar-refractivity contribution in [3.05, 3.63) is 28.8 Å². The maximum Gasteiger partial charge on any atom is 0.421 e. The van der Waals surface area contributed by atoms with Crippen LogP contribution in [0.3, 0.4) is 0 Å². The molecule has 2 rings (SSSR count). The number of allylic oxidation sites excluding steroid dienone is 1. The summed E-state index contributed by atoms with van der Waals surface area (Å²) in [6, 6.07) is 0. The van der Waals surface area contributed by atoms with Gasteiger partial charge in [-0.15, -0.1) is 0 Å². The zero-order valence-corrected chi connectivity index (χ0v) is 12.8. The van der Waals surface area contributed by atoms with Gasteiger partial charge in [0.15, 0.2) is 0 Å². The van der Waals surface area contributed by atoms with Crippen molar-refractivity contribution in [3.63, 3.8) is 0 Å². The lowest BCUT2D eigenvalue weighted by atomic mass is 10.0. The highest BCUT2D eigenvalue weighted by atomic mass is 19.4. The SMILES string of the molecule is CNC1=C(C(F)(F)F)C=NC(N)(c2cn(C)nc2C(C)C)N1. The second-order valence-corrected chi connectivity index (χ2v) is 5.44. The van der Waals surface area contributed by atoms with E-state index in [0.29, 0.717) is 11.3 Å². The minimum Gasteiger partial charge on any atom is -0.374 e. The fourth-order valence-electron chi connectivity index (χ4n) is 2.30. The van der Waals surface area contributed by atoms with E-state index in [4.69, 9.17) is 5.73 Å². The van der Waals surface area contributed by atoms with E-state index in [-0.39, 0.29) is 11.7 Å². The van der Waals surface area contributed by atoms with E-state index in [1.807, 2.05) is 13.8 Å². The van der Waals surface area contributed by atoms with Gasteiger partial charge in [0.25, 0.3) is 0 Å². The Morgan fingerprint density at radius 3 is 2.55 bits per heavy atom. The Morgan fingerprint density at radius 1 is 1.41 bits per heavy atom. The summed E-state index contributed by atoms with van der Waals surface area (Å²) in [5.74, 6) is -1.66. The maximum atomic E-state index is 13.0. The third-order valence-electron chi connectivity index (χ3n) is 3.35. The second-order valence-electron chi connectivity index (χ2n) is 5.44. The lowest BCUT2D eigenvalue weighted by Gasteiger charge is -2.33. The van der Waals surface area contributed by atoms with Gasteiger partial charge in [-0.25, -0.2) is 4.99 Å². The van der Waals surface area contributed by atoms with Crippen LogP contribution in [0.25, 0.3) is 0 Å². The molecule has 1 atom stereocenters. The van der Waals surface area contributed by atoms with E-state index < -0.39 is 17.5 Å². The van der Waals surface area contributed by atoms with E-state index in [0.717, 1.165) is 6.21 Å². The number of aromatic nitrogens is 2. The molecule has 1 unspecified atom stereocenters. The van der Waals surface area contributed by atoms with E-state index in [2.05, 4.69) is 20.7 Å². The van der Waals surface area contributed by atoms with Crippen LogP contribution in [0.15, 0.2) is 22.6 Å². The molecule has 9 heteroatoms. The van der Waals surface area contributed by atoms with E-state index >= 15 is 0 Å². The average Bonchev–Trinajstić information content (AvgIpc) is 2.80. The highest BCUT2D eigenvalue weighted by molar-refractivity contribution is 5.82. The molecule has 0 aliphatic carbocycles. The van der Waals surface area contributed by atoms with Crippen molar-refractivity contribution in [1.82, 2.24) is 20.4 Å². The van der Waals surface area contributed by atoms with Crippen molar-refractivity contribution in [3.8, 4) is 0 Å². The number of hydrogen-bond acceptors (Lipinski definition) is 5. The third kappa shape index (κ3) is 2.80. The molecule has 22 heavy (non-hydrogen) atoms. The fourth-order valence-corrected chi connectivity index (χ4v) is 2.30. The quantitative estimate of drug-likeness (QED) is 0.785. The zero-order valence-electron chi connectivity index (χ0n) is 12.8. The Labute approximate surface area is 126 Å². The molecule has 4 N–H and O–H groups in total. The standard InChI is InChI=1S/C13H19F3N6/c1-7(2)10-9(6-22(4)21-10)13(17)19-5-8(12(14,15)16)11(18-3)20-13/h5-7,18,20H,17H2,1-4H3. The minimum absolute atomic E-state index is 0.0552. The molecule has 1 aromatic rings. The van der Waals surface area contributed by atoms with Crippen LogP contribution < -0.4 is 16.4 Å². The van der Waals surface area contributed by atoms with Gasteiger partial charge in [0, 0.05) is 26.5 Å². The first kappa shape index (κ1) is 16.3. The summed E-state index contributed by atoms with van der Waals surface area (Å²) in [6.45, 7) is 3.86. The Kier molecular flexibility index (Phi) is 3.94. The molecule has 0 spiro atoms. The highest BCUT2D eigenvalue weighted by Gasteiger charge is 2.42. The topological polar surface area (TPSA) is 80.3 Å². The maximum absolute atomic E-state index is 13.0. The van der Waals surface area contributed by atoms with Crippen LogP contribution in [-0.4, -0.2) is 29.2 Å². The number of rotatable bonds is 3. The van der Waals surface area contributed by atoms with Gasteiger partial charge in [-0.3, -0.25) is 10.4 Å². The summed E-state index contributed by atoms with van der Waals surface area (Å²) in [7, 11) is 3.11. The number of nitrogens with two attached hydrogens (primary N) is 1. The summed E-state index contributed by atoms with van der Waals surface area (Å²) in [5.41, 5.74) is 6.52. The molecule has 0 fully saturated rings. The molecule has 1 aliphatic heterocycles. The fraction of sp³-hybridized carbons (Fsp3) is 0.538. The molecule has 0 bridgehead atoms. The second kappa shape index (κ2) is 5.31. The van der Waals surface area contributed by atoms with Crippen molar-refractivity contribution in [1.29, 1.82) is 0 Å². The van der Waals surface area contributed by atoms with Crippen molar-refractivity contribution < 1.29 is 13.2 Å². The van der Waals surface area contributed by atoms with Crippen LogP contribution in [0.1, 0.15) is 31.0 Å². The molecule has 6 nitrogen and oxygen atoms in total. The summed E-state index contributed by atoms with van der Waals surface area (Å²) >= 11 is 0. The smallest absolute Gasteiger partial charge is 0.374 e. The summed E-state index contributed by atoms with van der Waals surface area (Å²) < 4.78 is 40.4. The predicted molar refractivity (Wildman–Crippen MR) is 76.9 cm³/mol. The number of nitrogens with one attached hydrogen (secondary N) is 2. The summed E-state index contributed by atoms with van der Waals surface area (Å²) in [6.07, 6.45) is -2.11. The van der Waals surface area contributed by atoms with Gasteiger partial charge in [-0.2, -0.15) is 18.3 Å².